The Morgan fingerprint density at radius 2 is 2.00 bits per heavy atom. The van der Waals surface area contributed by atoms with E-state index in [1.165, 1.54) is 5.56 Å². The number of benzene rings is 1. The summed E-state index contributed by atoms with van der Waals surface area (Å²) >= 11 is 0. The minimum atomic E-state index is -0.605. The van der Waals surface area contributed by atoms with Crippen molar-refractivity contribution in [3.8, 4) is 5.75 Å². The molecule has 0 spiro atoms. The van der Waals surface area contributed by atoms with Crippen molar-refractivity contribution in [3.63, 3.8) is 0 Å². The summed E-state index contributed by atoms with van der Waals surface area (Å²) in [5.74, 6) is 1.36. The third kappa shape index (κ3) is 3.87. The van der Waals surface area contributed by atoms with Gasteiger partial charge >= 0.3 is 0 Å². The van der Waals surface area contributed by atoms with E-state index < -0.39 is 6.10 Å². The summed E-state index contributed by atoms with van der Waals surface area (Å²) in [6.45, 7) is 9.84. The highest BCUT2D eigenvalue weighted by Gasteiger charge is 2.17. The minimum absolute atomic E-state index is 0.233. The molecule has 0 bridgehead atoms. The van der Waals surface area contributed by atoms with Crippen LogP contribution in [0.1, 0.15) is 43.5 Å². The van der Waals surface area contributed by atoms with Gasteiger partial charge in [-0.2, -0.15) is 0 Å². The highest BCUT2D eigenvalue weighted by atomic mass is 16.5. The molecule has 1 amide bonds. The van der Waals surface area contributed by atoms with E-state index in [1.807, 2.05) is 26.0 Å². The second kappa shape index (κ2) is 6.64. The van der Waals surface area contributed by atoms with Gasteiger partial charge in [0.25, 0.3) is 5.91 Å². The number of anilines is 1. The number of hydrogen-bond acceptors (Lipinski definition) is 3. The van der Waals surface area contributed by atoms with Crippen LogP contribution in [0.2, 0.25) is 0 Å². The molecule has 118 valence electrons. The Morgan fingerprint density at radius 3 is 2.59 bits per heavy atom. The predicted octanol–water partition coefficient (Wildman–Crippen LogP) is 3.56. The van der Waals surface area contributed by atoms with Gasteiger partial charge in [-0.05, 0) is 43.9 Å². The van der Waals surface area contributed by atoms with Crippen molar-refractivity contribution >= 4 is 11.9 Å². The number of amides is 1. The van der Waals surface area contributed by atoms with Gasteiger partial charge in [-0.15, -0.1) is 0 Å². The third-order valence-corrected chi connectivity index (χ3v) is 3.50. The molecule has 1 atom stereocenters. The van der Waals surface area contributed by atoms with E-state index in [9.17, 15) is 4.79 Å². The maximum Gasteiger partial charge on any atom is 0.267 e. The van der Waals surface area contributed by atoms with Gasteiger partial charge in [0, 0.05) is 11.9 Å². The molecule has 2 N–H and O–H groups in total. The zero-order chi connectivity index (χ0) is 16.3. The largest absolute Gasteiger partial charge is 0.481 e. The van der Waals surface area contributed by atoms with Gasteiger partial charge < -0.3 is 9.72 Å². The van der Waals surface area contributed by atoms with Crippen LogP contribution in [0.4, 0.5) is 5.95 Å². The topological polar surface area (TPSA) is 67.0 Å². The van der Waals surface area contributed by atoms with Crippen LogP contribution >= 0.6 is 0 Å². The van der Waals surface area contributed by atoms with Gasteiger partial charge in [-0.1, -0.05) is 26.0 Å². The lowest BCUT2D eigenvalue weighted by atomic mass is 10.0. The smallest absolute Gasteiger partial charge is 0.267 e. The number of rotatable bonds is 5. The second-order valence-corrected chi connectivity index (χ2v) is 5.84. The molecular formula is C17H23N3O2. The maximum atomic E-state index is 12.2. The average Bonchev–Trinajstić information content (AvgIpc) is 2.86. The van der Waals surface area contributed by atoms with Crippen LogP contribution in [0.3, 0.4) is 0 Å². The lowest BCUT2D eigenvalue weighted by molar-refractivity contribution is -0.122. The van der Waals surface area contributed by atoms with Crippen LogP contribution in [0.25, 0.3) is 0 Å². The highest BCUT2D eigenvalue weighted by molar-refractivity contribution is 5.92. The fourth-order valence-electron chi connectivity index (χ4n) is 2.04. The van der Waals surface area contributed by atoms with Crippen molar-refractivity contribution in [2.45, 2.75) is 46.6 Å². The third-order valence-electron chi connectivity index (χ3n) is 3.50. The summed E-state index contributed by atoms with van der Waals surface area (Å²) in [6, 6.07) is 6.11. The molecule has 0 aliphatic heterocycles. The van der Waals surface area contributed by atoms with E-state index in [4.69, 9.17) is 4.74 Å². The van der Waals surface area contributed by atoms with Crippen LogP contribution in [0.15, 0.2) is 24.4 Å². The second-order valence-electron chi connectivity index (χ2n) is 5.84. The molecule has 1 heterocycles. The summed E-state index contributed by atoms with van der Waals surface area (Å²) in [5, 5.41) is 2.71. The van der Waals surface area contributed by atoms with Gasteiger partial charge in [-0.3, -0.25) is 10.1 Å². The van der Waals surface area contributed by atoms with Crippen molar-refractivity contribution < 1.29 is 9.53 Å². The first-order valence-corrected chi connectivity index (χ1v) is 7.46. The average molecular weight is 301 g/mol. The predicted molar refractivity (Wildman–Crippen MR) is 87.3 cm³/mol. The molecule has 0 radical (unpaired) electrons. The summed E-state index contributed by atoms with van der Waals surface area (Å²) in [6.07, 6.45) is 1.06. The van der Waals surface area contributed by atoms with Gasteiger partial charge in [0.1, 0.15) is 5.75 Å². The molecule has 2 rings (SSSR count). The lowest BCUT2D eigenvalue weighted by Gasteiger charge is -2.17. The number of imidazole rings is 1. The fraction of sp³-hybridized carbons (Fsp3) is 0.412. The van der Waals surface area contributed by atoms with E-state index in [-0.39, 0.29) is 5.91 Å². The van der Waals surface area contributed by atoms with Crippen LogP contribution in [-0.4, -0.2) is 22.0 Å². The first-order chi connectivity index (χ1) is 10.4. The highest BCUT2D eigenvalue weighted by Crippen LogP contribution is 2.25. The maximum absolute atomic E-state index is 12.2. The number of aromatic amines is 1. The molecule has 1 aromatic heterocycles. The Balaban J connectivity index is 2.06. The lowest BCUT2D eigenvalue weighted by Crippen LogP contribution is -2.30. The monoisotopic (exact) mass is 301 g/mol. The number of hydrogen-bond donors (Lipinski definition) is 2. The molecular weight excluding hydrogens is 278 g/mol. The van der Waals surface area contributed by atoms with E-state index in [0.717, 1.165) is 17.0 Å². The zero-order valence-corrected chi connectivity index (χ0v) is 13.7. The van der Waals surface area contributed by atoms with Crippen molar-refractivity contribution in [1.82, 2.24) is 9.97 Å². The molecule has 22 heavy (non-hydrogen) atoms. The summed E-state index contributed by atoms with van der Waals surface area (Å²) in [7, 11) is 0. The molecule has 5 heteroatoms. The summed E-state index contributed by atoms with van der Waals surface area (Å²) in [5.41, 5.74) is 3.09. The van der Waals surface area contributed by atoms with Crippen molar-refractivity contribution in [1.29, 1.82) is 0 Å². The standard InChI is InChI=1S/C17H23N3O2/c1-10(2)14-7-6-11(3)15(8-14)22-13(5)16(21)20-17-18-9-12(4)19-17/h6-10,13H,1-5H3,(H2,18,19,20,21)/t13-/m0/s1. The Kier molecular flexibility index (Phi) is 4.85. The number of aryl methyl sites for hydroxylation is 2. The molecule has 5 nitrogen and oxygen atoms in total. The molecule has 0 aliphatic rings. The SMILES string of the molecule is Cc1cnc(NC(=O)[C@H](C)Oc2cc(C(C)C)ccc2C)[nH]1. The number of aromatic nitrogens is 2. The fourth-order valence-corrected chi connectivity index (χ4v) is 2.04. The number of carbonyl (C=O) groups is 1. The minimum Gasteiger partial charge on any atom is -0.481 e. The first-order valence-electron chi connectivity index (χ1n) is 7.46. The van der Waals surface area contributed by atoms with Crippen LogP contribution in [0, 0.1) is 13.8 Å². The summed E-state index contributed by atoms with van der Waals surface area (Å²) < 4.78 is 5.82. The first kappa shape index (κ1) is 16.1. The molecule has 0 aliphatic carbocycles. The van der Waals surface area contributed by atoms with E-state index >= 15 is 0 Å². The number of nitrogens with one attached hydrogen (secondary N) is 2. The molecule has 0 unspecified atom stereocenters. The Labute approximate surface area is 131 Å². The van der Waals surface area contributed by atoms with E-state index in [2.05, 4.69) is 35.2 Å². The molecule has 0 saturated heterocycles. The Morgan fingerprint density at radius 1 is 1.27 bits per heavy atom. The van der Waals surface area contributed by atoms with Gasteiger partial charge in [0.05, 0.1) is 0 Å². The Hall–Kier alpha value is -2.30. The van der Waals surface area contributed by atoms with Crippen LogP contribution in [0.5, 0.6) is 5.75 Å². The molecule has 1 aromatic carbocycles. The molecule has 0 saturated carbocycles. The zero-order valence-electron chi connectivity index (χ0n) is 13.7. The number of nitrogens with zero attached hydrogens (tertiary/aromatic N) is 1. The van der Waals surface area contributed by atoms with Gasteiger partial charge in [0.15, 0.2) is 6.10 Å². The van der Waals surface area contributed by atoms with E-state index in [1.54, 1.807) is 13.1 Å². The number of ether oxygens (including phenoxy) is 1. The molecule has 0 fully saturated rings. The normalized spacial score (nSPS) is 12.3. The van der Waals surface area contributed by atoms with Gasteiger partial charge in [0.2, 0.25) is 5.95 Å². The Bertz CT molecular complexity index is 662. The van der Waals surface area contributed by atoms with Crippen LogP contribution < -0.4 is 10.1 Å². The van der Waals surface area contributed by atoms with Crippen LogP contribution in [-0.2, 0) is 4.79 Å². The molecule has 2 aromatic rings. The quantitative estimate of drug-likeness (QED) is 0.887. The van der Waals surface area contributed by atoms with Gasteiger partial charge in [-0.25, -0.2) is 4.98 Å². The van der Waals surface area contributed by atoms with Crippen molar-refractivity contribution in [2.24, 2.45) is 0 Å². The van der Waals surface area contributed by atoms with Crippen molar-refractivity contribution in [2.75, 3.05) is 5.32 Å². The van der Waals surface area contributed by atoms with Crippen molar-refractivity contribution in [3.05, 3.63) is 41.2 Å². The van der Waals surface area contributed by atoms with E-state index in [0.29, 0.717) is 11.9 Å². The number of H-pyrrole nitrogens is 1. The summed E-state index contributed by atoms with van der Waals surface area (Å²) in [4.78, 5) is 19.2. The number of carbonyl (C=O) groups excluding carboxylic acids is 1.